The fourth-order valence-electron chi connectivity index (χ4n) is 2.08. The van der Waals surface area contributed by atoms with Gasteiger partial charge >= 0.3 is 0 Å². The lowest BCUT2D eigenvalue weighted by atomic mass is 10.0. The van der Waals surface area contributed by atoms with Gasteiger partial charge in [0.05, 0.1) is 10.7 Å². The van der Waals surface area contributed by atoms with Crippen molar-refractivity contribution in [3.63, 3.8) is 0 Å². The van der Waals surface area contributed by atoms with Gasteiger partial charge < -0.3 is 10.1 Å². The molecule has 1 aromatic carbocycles. The Labute approximate surface area is 140 Å². The number of carbonyl (C=O) groups is 2. The van der Waals surface area contributed by atoms with Gasteiger partial charge in [-0.2, -0.15) is 5.10 Å². The SMILES string of the molecule is CCCCNC(=O)COc1ccc(C2=NNC(=O)CC2)cc1Cl. The predicted octanol–water partition coefficient (Wildman–Crippen LogP) is 2.25. The van der Waals surface area contributed by atoms with E-state index in [0.717, 1.165) is 24.1 Å². The number of hydrogen-bond donors (Lipinski definition) is 2. The van der Waals surface area contributed by atoms with Crippen molar-refractivity contribution in [1.29, 1.82) is 0 Å². The molecule has 2 N–H and O–H groups in total. The fourth-order valence-corrected chi connectivity index (χ4v) is 2.31. The molecule has 124 valence electrons. The summed E-state index contributed by atoms with van der Waals surface area (Å²) in [7, 11) is 0. The average Bonchev–Trinajstić information content (AvgIpc) is 2.54. The average molecular weight is 338 g/mol. The van der Waals surface area contributed by atoms with E-state index in [2.05, 4.69) is 22.8 Å². The highest BCUT2D eigenvalue weighted by atomic mass is 35.5. The molecule has 0 spiro atoms. The number of nitrogens with one attached hydrogen (secondary N) is 2. The quantitative estimate of drug-likeness (QED) is 0.749. The molecule has 1 heterocycles. The van der Waals surface area contributed by atoms with E-state index in [-0.39, 0.29) is 18.4 Å². The van der Waals surface area contributed by atoms with Crippen LogP contribution in [0, 0.1) is 0 Å². The highest BCUT2D eigenvalue weighted by Gasteiger charge is 2.15. The van der Waals surface area contributed by atoms with Crippen LogP contribution in [0.1, 0.15) is 38.2 Å². The largest absolute Gasteiger partial charge is 0.482 e. The zero-order valence-corrected chi connectivity index (χ0v) is 13.8. The van der Waals surface area contributed by atoms with E-state index >= 15 is 0 Å². The molecule has 1 aromatic rings. The number of hydrazone groups is 1. The fraction of sp³-hybridized carbons (Fsp3) is 0.438. The van der Waals surface area contributed by atoms with Crippen molar-refractivity contribution in [3.05, 3.63) is 28.8 Å². The zero-order valence-electron chi connectivity index (χ0n) is 13.0. The van der Waals surface area contributed by atoms with Crippen LogP contribution >= 0.6 is 11.6 Å². The molecule has 0 unspecified atom stereocenters. The van der Waals surface area contributed by atoms with Gasteiger partial charge in [-0.1, -0.05) is 24.9 Å². The summed E-state index contributed by atoms with van der Waals surface area (Å²) in [5, 5.41) is 7.20. The molecule has 0 aromatic heterocycles. The van der Waals surface area contributed by atoms with Crippen LogP contribution < -0.4 is 15.5 Å². The topological polar surface area (TPSA) is 79.8 Å². The zero-order chi connectivity index (χ0) is 16.7. The Morgan fingerprint density at radius 3 is 2.91 bits per heavy atom. The van der Waals surface area contributed by atoms with Gasteiger partial charge in [0, 0.05) is 19.4 Å². The summed E-state index contributed by atoms with van der Waals surface area (Å²) >= 11 is 6.19. The minimum Gasteiger partial charge on any atom is -0.482 e. The maximum absolute atomic E-state index is 11.6. The van der Waals surface area contributed by atoms with Crippen molar-refractivity contribution in [1.82, 2.24) is 10.7 Å². The number of hydrogen-bond acceptors (Lipinski definition) is 4. The van der Waals surface area contributed by atoms with Gasteiger partial charge in [0.25, 0.3) is 5.91 Å². The Morgan fingerprint density at radius 1 is 1.43 bits per heavy atom. The van der Waals surface area contributed by atoms with Crippen LogP contribution in [0.3, 0.4) is 0 Å². The Hall–Kier alpha value is -2.08. The third kappa shape index (κ3) is 5.25. The van der Waals surface area contributed by atoms with Crippen LogP contribution in [0.5, 0.6) is 5.75 Å². The van der Waals surface area contributed by atoms with Gasteiger partial charge in [0.2, 0.25) is 5.91 Å². The number of nitrogens with zero attached hydrogens (tertiary/aromatic N) is 1. The lowest BCUT2D eigenvalue weighted by Crippen LogP contribution is -2.29. The van der Waals surface area contributed by atoms with E-state index in [1.165, 1.54) is 0 Å². The summed E-state index contributed by atoms with van der Waals surface area (Å²) in [5.41, 5.74) is 4.05. The summed E-state index contributed by atoms with van der Waals surface area (Å²) in [5.74, 6) is 0.188. The van der Waals surface area contributed by atoms with Crippen LogP contribution in [-0.2, 0) is 9.59 Å². The molecule has 0 bridgehead atoms. The monoisotopic (exact) mass is 337 g/mol. The second-order valence-corrected chi connectivity index (χ2v) is 5.64. The number of halogens is 1. The van der Waals surface area contributed by atoms with Crippen LogP contribution in [0.15, 0.2) is 23.3 Å². The van der Waals surface area contributed by atoms with Crippen LogP contribution in [-0.4, -0.2) is 30.7 Å². The van der Waals surface area contributed by atoms with Crippen molar-refractivity contribution in [2.75, 3.05) is 13.2 Å². The van der Waals surface area contributed by atoms with Gasteiger partial charge in [-0.25, -0.2) is 5.43 Å². The molecule has 1 aliphatic heterocycles. The van der Waals surface area contributed by atoms with Crippen molar-refractivity contribution >= 4 is 29.1 Å². The second-order valence-electron chi connectivity index (χ2n) is 5.23. The van der Waals surface area contributed by atoms with Crippen molar-refractivity contribution in [3.8, 4) is 5.75 Å². The van der Waals surface area contributed by atoms with E-state index in [1.54, 1.807) is 12.1 Å². The highest BCUT2D eigenvalue weighted by molar-refractivity contribution is 6.32. The van der Waals surface area contributed by atoms with Crippen LogP contribution in [0.4, 0.5) is 0 Å². The summed E-state index contributed by atoms with van der Waals surface area (Å²) in [6.45, 7) is 2.64. The first-order chi connectivity index (χ1) is 11.1. The first-order valence-electron chi connectivity index (χ1n) is 7.65. The number of unbranched alkanes of at least 4 members (excludes halogenated alkanes) is 1. The van der Waals surface area contributed by atoms with Gasteiger partial charge in [-0.05, 0) is 30.2 Å². The van der Waals surface area contributed by atoms with Crippen molar-refractivity contribution in [2.24, 2.45) is 5.10 Å². The first kappa shape index (κ1) is 17.3. The third-order valence-electron chi connectivity index (χ3n) is 3.38. The molecule has 0 radical (unpaired) electrons. The number of amides is 2. The Bertz CT molecular complexity index is 617. The van der Waals surface area contributed by atoms with Gasteiger partial charge in [0.1, 0.15) is 5.75 Å². The number of ether oxygens (including phenoxy) is 1. The second kappa shape index (κ2) is 8.53. The molecular weight excluding hydrogens is 318 g/mol. The molecule has 23 heavy (non-hydrogen) atoms. The minimum absolute atomic E-state index is 0.0697. The normalized spacial score (nSPS) is 14.0. The minimum atomic E-state index is -0.169. The van der Waals surface area contributed by atoms with Gasteiger partial charge in [0.15, 0.2) is 6.61 Å². The molecule has 7 heteroatoms. The van der Waals surface area contributed by atoms with Crippen molar-refractivity contribution in [2.45, 2.75) is 32.6 Å². The number of benzene rings is 1. The predicted molar refractivity (Wildman–Crippen MR) is 88.8 cm³/mol. The van der Waals surface area contributed by atoms with Gasteiger partial charge in [-0.3, -0.25) is 9.59 Å². The smallest absolute Gasteiger partial charge is 0.257 e. The van der Waals surface area contributed by atoms with Crippen molar-refractivity contribution < 1.29 is 14.3 Å². The summed E-state index contributed by atoms with van der Waals surface area (Å²) in [6.07, 6.45) is 2.95. The summed E-state index contributed by atoms with van der Waals surface area (Å²) in [4.78, 5) is 22.7. The molecule has 0 atom stereocenters. The molecular formula is C16H20ClN3O3. The summed E-state index contributed by atoms with van der Waals surface area (Å²) < 4.78 is 5.44. The Morgan fingerprint density at radius 2 is 2.26 bits per heavy atom. The molecule has 1 aliphatic rings. The third-order valence-corrected chi connectivity index (χ3v) is 3.68. The van der Waals surface area contributed by atoms with Crippen LogP contribution in [0.2, 0.25) is 5.02 Å². The standard InChI is InChI=1S/C16H20ClN3O3/c1-2-3-8-18-16(22)10-23-14-6-4-11(9-12(14)17)13-5-7-15(21)20-19-13/h4,6,9H,2-3,5,7-8,10H2,1H3,(H,18,22)(H,20,21). The van der Waals surface area contributed by atoms with E-state index < -0.39 is 0 Å². The Balaban J connectivity index is 1.92. The van der Waals surface area contributed by atoms with E-state index in [9.17, 15) is 9.59 Å². The lowest BCUT2D eigenvalue weighted by Gasteiger charge is -2.14. The number of rotatable bonds is 7. The summed E-state index contributed by atoms with van der Waals surface area (Å²) in [6, 6.07) is 5.24. The van der Waals surface area contributed by atoms with Crippen LogP contribution in [0.25, 0.3) is 0 Å². The van der Waals surface area contributed by atoms with Gasteiger partial charge in [-0.15, -0.1) is 0 Å². The number of carbonyl (C=O) groups excluding carboxylic acids is 2. The van der Waals surface area contributed by atoms with E-state index in [1.807, 2.05) is 6.07 Å². The highest BCUT2D eigenvalue weighted by Crippen LogP contribution is 2.26. The maximum Gasteiger partial charge on any atom is 0.257 e. The Kier molecular flexibility index (Phi) is 6.40. The molecule has 6 nitrogen and oxygen atoms in total. The van der Waals surface area contributed by atoms with E-state index in [0.29, 0.717) is 30.2 Å². The molecule has 0 saturated heterocycles. The molecule has 0 fully saturated rings. The molecule has 2 amide bonds. The molecule has 0 aliphatic carbocycles. The first-order valence-corrected chi connectivity index (χ1v) is 8.02. The molecule has 0 saturated carbocycles. The lowest BCUT2D eigenvalue weighted by molar-refractivity contribution is -0.123. The maximum atomic E-state index is 11.6. The molecule has 2 rings (SSSR count). The van der Waals surface area contributed by atoms with E-state index in [4.69, 9.17) is 16.3 Å².